The lowest BCUT2D eigenvalue weighted by Crippen LogP contribution is -2.17. The van der Waals surface area contributed by atoms with E-state index in [2.05, 4.69) is 166 Å². The van der Waals surface area contributed by atoms with Crippen molar-refractivity contribution in [2.75, 3.05) is 0 Å². The van der Waals surface area contributed by atoms with Crippen molar-refractivity contribution in [3.05, 3.63) is 189 Å². The number of nitrogens with one attached hydrogen (secondary N) is 4. The van der Waals surface area contributed by atoms with Gasteiger partial charge < -0.3 is 19.9 Å². The quantitative estimate of drug-likeness (QED) is 0.240. The molecule has 8 rings (SSSR count). The molecule has 4 nitrogen and oxygen atoms in total. The third-order valence-electron chi connectivity index (χ3n) is 7.85. The molecule has 4 aromatic heterocycles. The number of rotatable bonds is 3. The van der Waals surface area contributed by atoms with E-state index in [1.54, 1.807) is 0 Å². The lowest BCUT2D eigenvalue weighted by Gasteiger charge is -2.08. The molecule has 0 atom stereocenters. The Morgan fingerprint density at radius 3 is 1.57 bits per heavy atom. The molecule has 8 bridgehead atoms. The molecule has 0 radical (unpaired) electrons. The fourth-order valence-electron chi connectivity index (χ4n) is 5.96. The fourth-order valence-corrected chi connectivity index (χ4v) is 5.96. The van der Waals surface area contributed by atoms with Crippen molar-refractivity contribution < 1.29 is 0 Å². The molecule has 0 unspecified atom stereocenters. The van der Waals surface area contributed by atoms with Gasteiger partial charge in [-0.3, -0.25) is 0 Å². The van der Waals surface area contributed by atoms with Crippen LogP contribution in [0.15, 0.2) is 133 Å². The zero-order valence-electron chi connectivity index (χ0n) is 22.9. The predicted molar refractivity (Wildman–Crippen MR) is 170 cm³/mol. The van der Waals surface area contributed by atoms with Gasteiger partial charge in [-0.2, -0.15) is 0 Å². The van der Waals surface area contributed by atoms with Crippen molar-refractivity contribution in [2.45, 2.75) is 0 Å². The zero-order valence-corrected chi connectivity index (χ0v) is 22.9. The Bertz CT molecular complexity index is 2280. The second-order valence-corrected chi connectivity index (χ2v) is 10.6. The maximum absolute atomic E-state index is 3.80. The van der Waals surface area contributed by atoms with Crippen LogP contribution in [0.2, 0.25) is 0 Å². The normalized spacial score (nSPS) is 12.6. The molecule has 1 aliphatic rings. The smallest absolute Gasteiger partial charge is 0.0565 e. The average Bonchev–Trinajstić information content (AvgIpc) is 3.85. The average molecular weight is 541 g/mol. The summed E-state index contributed by atoms with van der Waals surface area (Å²) in [5.74, 6) is 0. The highest BCUT2D eigenvalue weighted by molar-refractivity contribution is 5.82. The van der Waals surface area contributed by atoms with Crippen LogP contribution >= 0.6 is 0 Å². The van der Waals surface area contributed by atoms with Crippen LogP contribution in [0, 0.1) is 0 Å². The highest BCUT2D eigenvalue weighted by Gasteiger charge is 2.15. The first-order valence-electron chi connectivity index (χ1n) is 14.2. The SMILES string of the molecule is C1=c2ccc([nH]2)=C(c2ccccc2)c2ccc([nH]2)C=c2cc(-c3ccccc3)c([nH]2)=C(c2ccccc2)c2ccc1[nH]2. The van der Waals surface area contributed by atoms with Crippen LogP contribution in [0.1, 0.15) is 33.9 Å². The van der Waals surface area contributed by atoms with Crippen LogP contribution in [0.4, 0.5) is 0 Å². The molecular formula is C38H28N4. The summed E-state index contributed by atoms with van der Waals surface area (Å²) in [7, 11) is 0. The van der Waals surface area contributed by atoms with Crippen molar-refractivity contribution in [1.82, 2.24) is 19.9 Å². The Morgan fingerprint density at radius 1 is 0.381 bits per heavy atom. The van der Waals surface area contributed by atoms with E-state index in [9.17, 15) is 0 Å². The van der Waals surface area contributed by atoms with E-state index in [-0.39, 0.29) is 0 Å². The van der Waals surface area contributed by atoms with Crippen LogP contribution in [-0.4, -0.2) is 19.9 Å². The molecule has 0 amide bonds. The van der Waals surface area contributed by atoms with Gasteiger partial charge in [0.25, 0.3) is 0 Å². The number of hydrogen-bond donors (Lipinski definition) is 4. The number of aromatic nitrogens is 4. The molecule has 1 aliphatic heterocycles. The molecule has 7 aromatic rings. The van der Waals surface area contributed by atoms with E-state index in [1.807, 2.05) is 0 Å². The number of benzene rings is 3. The van der Waals surface area contributed by atoms with Gasteiger partial charge in [-0.25, -0.2) is 0 Å². The third kappa shape index (κ3) is 4.36. The minimum Gasteiger partial charge on any atom is -0.355 e. The van der Waals surface area contributed by atoms with E-state index in [0.29, 0.717) is 0 Å². The highest BCUT2D eigenvalue weighted by Crippen LogP contribution is 2.24. The lowest BCUT2D eigenvalue weighted by molar-refractivity contribution is 1.21. The Labute approximate surface area is 242 Å². The van der Waals surface area contributed by atoms with Crippen LogP contribution in [0.25, 0.3) is 34.4 Å². The molecule has 4 N–H and O–H groups in total. The summed E-state index contributed by atoms with van der Waals surface area (Å²) in [4.78, 5) is 14.9. The van der Waals surface area contributed by atoms with Gasteiger partial charge in [0.2, 0.25) is 0 Å². The topological polar surface area (TPSA) is 63.2 Å². The van der Waals surface area contributed by atoms with Crippen LogP contribution in [0.3, 0.4) is 0 Å². The van der Waals surface area contributed by atoms with E-state index >= 15 is 0 Å². The van der Waals surface area contributed by atoms with E-state index in [0.717, 1.165) is 72.0 Å². The summed E-state index contributed by atoms with van der Waals surface area (Å²) >= 11 is 0. The van der Waals surface area contributed by atoms with Gasteiger partial charge >= 0.3 is 0 Å². The maximum Gasteiger partial charge on any atom is 0.0565 e. The first-order chi connectivity index (χ1) is 20.8. The fraction of sp³-hybridized carbons (Fsp3) is 0. The molecule has 200 valence electrons. The Hall–Kier alpha value is -5.74. The van der Waals surface area contributed by atoms with Crippen LogP contribution < -0.4 is 21.4 Å². The monoisotopic (exact) mass is 540 g/mol. The van der Waals surface area contributed by atoms with Crippen LogP contribution in [-0.2, 0) is 0 Å². The van der Waals surface area contributed by atoms with Gasteiger partial charge in [-0.05, 0) is 71.3 Å². The summed E-state index contributed by atoms with van der Waals surface area (Å²) in [5.41, 5.74) is 11.0. The molecular weight excluding hydrogens is 512 g/mol. The van der Waals surface area contributed by atoms with Gasteiger partial charge in [0.15, 0.2) is 0 Å². The summed E-state index contributed by atoms with van der Waals surface area (Å²) in [6, 6.07) is 46.9. The van der Waals surface area contributed by atoms with E-state index < -0.39 is 0 Å². The minimum absolute atomic E-state index is 1.03. The van der Waals surface area contributed by atoms with Crippen molar-refractivity contribution in [1.29, 1.82) is 0 Å². The third-order valence-corrected chi connectivity index (χ3v) is 7.85. The van der Waals surface area contributed by atoms with Crippen molar-refractivity contribution in [2.24, 2.45) is 0 Å². The van der Waals surface area contributed by atoms with Crippen molar-refractivity contribution in [3.63, 3.8) is 0 Å². The minimum atomic E-state index is 1.03. The van der Waals surface area contributed by atoms with Gasteiger partial charge in [0.05, 0.1) is 5.35 Å². The number of fused-ring (bicyclic) bond motifs is 8. The summed E-state index contributed by atoms with van der Waals surface area (Å²) in [6.07, 6.45) is 4.35. The molecule has 0 aliphatic carbocycles. The lowest BCUT2D eigenvalue weighted by atomic mass is 9.99. The standard InChI is InChI=1S/C38H28N4/c1-4-10-25(11-5-1)32-24-31-23-30-17-20-34(40-30)36(26-12-6-2-7-13-26)33-19-16-28(39-33)22-29-18-21-35(41-29)37(38(32)42-31)27-14-8-3-9-15-27/h1-24,39-42H. The van der Waals surface area contributed by atoms with Gasteiger partial charge in [0, 0.05) is 55.5 Å². The predicted octanol–water partition coefficient (Wildman–Crippen LogP) is 5.13. The van der Waals surface area contributed by atoms with Crippen LogP contribution in [0.5, 0.6) is 0 Å². The molecule has 0 saturated carbocycles. The van der Waals surface area contributed by atoms with Crippen molar-refractivity contribution >= 4 is 23.3 Å². The molecule has 0 spiro atoms. The summed E-state index contributed by atoms with van der Waals surface area (Å²) in [5, 5.41) is 4.19. The Balaban J connectivity index is 1.48. The Morgan fingerprint density at radius 2 is 0.929 bits per heavy atom. The molecule has 5 heterocycles. The molecule has 3 aromatic carbocycles. The number of H-pyrrole nitrogens is 4. The molecule has 42 heavy (non-hydrogen) atoms. The molecule has 0 fully saturated rings. The second kappa shape index (κ2) is 10.0. The first kappa shape index (κ1) is 24.1. The summed E-state index contributed by atoms with van der Waals surface area (Å²) < 4.78 is 0. The zero-order chi connectivity index (χ0) is 27.9. The highest BCUT2D eigenvalue weighted by atomic mass is 14.8. The first-order valence-corrected chi connectivity index (χ1v) is 14.2. The van der Waals surface area contributed by atoms with E-state index in [1.165, 1.54) is 5.56 Å². The molecule has 4 heteroatoms. The second-order valence-electron chi connectivity index (χ2n) is 10.6. The maximum atomic E-state index is 3.80. The number of hydrogen-bond acceptors (Lipinski definition) is 0. The number of aromatic amines is 4. The van der Waals surface area contributed by atoms with Crippen molar-refractivity contribution in [3.8, 4) is 11.1 Å². The largest absolute Gasteiger partial charge is 0.355 e. The van der Waals surface area contributed by atoms with E-state index in [4.69, 9.17) is 0 Å². The van der Waals surface area contributed by atoms with Gasteiger partial charge in [-0.1, -0.05) is 91.0 Å². The van der Waals surface area contributed by atoms with Gasteiger partial charge in [0.1, 0.15) is 0 Å². The molecule has 0 saturated heterocycles. The summed E-state index contributed by atoms with van der Waals surface area (Å²) in [6.45, 7) is 0. The Kier molecular flexibility index (Phi) is 5.75. The van der Waals surface area contributed by atoms with Gasteiger partial charge in [-0.15, -0.1) is 0 Å².